The number of carbonyl (C=O) groups is 2. The van der Waals surface area contributed by atoms with E-state index in [2.05, 4.69) is 0 Å². The second-order valence-corrected chi connectivity index (χ2v) is 3.87. The summed E-state index contributed by atoms with van der Waals surface area (Å²) in [6, 6.07) is 0. The summed E-state index contributed by atoms with van der Waals surface area (Å²) in [6.07, 6.45) is 1.11. The van der Waals surface area contributed by atoms with Gasteiger partial charge in [-0.15, -0.1) is 0 Å². The molecule has 2 rings (SSSR count). The first-order chi connectivity index (χ1) is 6.16. The van der Waals surface area contributed by atoms with Crippen LogP contribution in [0.4, 0.5) is 0 Å². The average molecular weight is 183 g/mol. The van der Waals surface area contributed by atoms with Crippen LogP contribution < -0.4 is 0 Å². The number of hydrogen-bond acceptors (Lipinski definition) is 3. The summed E-state index contributed by atoms with van der Waals surface area (Å²) in [4.78, 5) is 24.2. The normalized spacial score (nSPS) is 29.6. The van der Waals surface area contributed by atoms with Gasteiger partial charge in [-0.1, -0.05) is 6.92 Å². The largest absolute Gasteiger partial charge is 0.371 e. The number of carbonyl (C=O) groups excluding carboxylic acids is 2. The van der Waals surface area contributed by atoms with Gasteiger partial charge in [0.2, 0.25) is 11.8 Å². The highest BCUT2D eigenvalue weighted by atomic mass is 16.6. The molecule has 4 nitrogen and oxygen atoms in total. The Kier molecular flexibility index (Phi) is 2.07. The molecular formula is C9H13NO3. The highest BCUT2D eigenvalue weighted by molar-refractivity contribution is 5.97. The van der Waals surface area contributed by atoms with Gasteiger partial charge in [-0.2, -0.15) is 0 Å². The van der Waals surface area contributed by atoms with Crippen LogP contribution in [0.1, 0.15) is 19.8 Å². The lowest BCUT2D eigenvalue weighted by Gasteiger charge is -2.27. The molecule has 13 heavy (non-hydrogen) atoms. The number of ether oxygens (including phenoxy) is 1. The number of nitrogens with zero attached hydrogens (tertiary/aromatic N) is 1. The molecule has 72 valence electrons. The first-order valence-electron chi connectivity index (χ1n) is 4.61. The SMILES string of the molecule is CC1CC(=O)N(CC2CO2)C(=O)C1. The molecule has 0 radical (unpaired) electrons. The zero-order valence-electron chi connectivity index (χ0n) is 7.66. The van der Waals surface area contributed by atoms with E-state index in [4.69, 9.17) is 4.74 Å². The molecule has 2 aliphatic rings. The molecule has 4 heteroatoms. The monoisotopic (exact) mass is 183 g/mol. The number of piperidine rings is 1. The fourth-order valence-electron chi connectivity index (χ4n) is 1.61. The van der Waals surface area contributed by atoms with Gasteiger partial charge in [0.25, 0.3) is 0 Å². The maximum Gasteiger partial charge on any atom is 0.229 e. The van der Waals surface area contributed by atoms with Crippen molar-refractivity contribution >= 4 is 11.8 Å². The second kappa shape index (κ2) is 3.10. The summed E-state index contributed by atoms with van der Waals surface area (Å²) in [6.45, 7) is 3.08. The number of epoxide rings is 1. The average Bonchev–Trinajstić information content (AvgIpc) is 2.79. The van der Waals surface area contributed by atoms with Crippen molar-refractivity contribution in [1.82, 2.24) is 4.90 Å². The van der Waals surface area contributed by atoms with Crippen molar-refractivity contribution in [1.29, 1.82) is 0 Å². The molecule has 2 aliphatic heterocycles. The molecule has 0 aliphatic carbocycles. The van der Waals surface area contributed by atoms with Gasteiger partial charge in [-0.25, -0.2) is 0 Å². The van der Waals surface area contributed by atoms with Gasteiger partial charge in [0, 0.05) is 12.8 Å². The fourth-order valence-corrected chi connectivity index (χ4v) is 1.61. The molecule has 0 saturated carbocycles. The molecule has 2 fully saturated rings. The quantitative estimate of drug-likeness (QED) is 0.453. The van der Waals surface area contributed by atoms with Gasteiger partial charge >= 0.3 is 0 Å². The van der Waals surface area contributed by atoms with E-state index in [1.165, 1.54) is 4.90 Å². The van der Waals surface area contributed by atoms with E-state index in [1.807, 2.05) is 6.92 Å². The summed E-state index contributed by atoms with van der Waals surface area (Å²) in [5.74, 6) is 0.120. The Bertz CT molecular complexity index is 229. The predicted molar refractivity (Wildman–Crippen MR) is 44.9 cm³/mol. The Morgan fingerprint density at radius 2 is 1.92 bits per heavy atom. The third-order valence-corrected chi connectivity index (χ3v) is 2.44. The van der Waals surface area contributed by atoms with Crippen LogP contribution in [0, 0.1) is 5.92 Å². The Morgan fingerprint density at radius 3 is 2.38 bits per heavy atom. The molecule has 0 aromatic carbocycles. The van der Waals surface area contributed by atoms with E-state index in [9.17, 15) is 9.59 Å². The first-order valence-corrected chi connectivity index (χ1v) is 4.61. The van der Waals surface area contributed by atoms with E-state index >= 15 is 0 Å². The van der Waals surface area contributed by atoms with E-state index in [0.717, 1.165) is 0 Å². The zero-order valence-corrected chi connectivity index (χ0v) is 7.66. The van der Waals surface area contributed by atoms with Gasteiger partial charge < -0.3 is 4.74 Å². The summed E-state index contributed by atoms with van der Waals surface area (Å²) in [7, 11) is 0. The molecule has 2 heterocycles. The van der Waals surface area contributed by atoms with Gasteiger partial charge in [-0.3, -0.25) is 14.5 Å². The molecule has 2 amide bonds. The lowest BCUT2D eigenvalue weighted by atomic mass is 9.98. The van der Waals surface area contributed by atoms with E-state index < -0.39 is 0 Å². The molecule has 0 spiro atoms. The molecule has 2 saturated heterocycles. The van der Waals surface area contributed by atoms with Crippen molar-refractivity contribution in [3.63, 3.8) is 0 Å². The first kappa shape index (κ1) is 8.69. The van der Waals surface area contributed by atoms with Crippen LogP contribution in [0.3, 0.4) is 0 Å². The predicted octanol–water partition coefficient (Wildman–Crippen LogP) is 0.170. The van der Waals surface area contributed by atoms with Crippen LogP contribution in [-0.4, -0.2) is 36.0 Å². The Balaban J connectivity index is 1.98. The van der Waals surface area contributed by atoms with E-state index in [-0.39, 0.29) is 23.8 Å². The molecule has 0 N–H and O–H groups in total. The zero-order chi connectivity index (χ0) is 9.42. The third-order valence-electron chi connectivity index (χ3n) is 2.44. The lowest BCUT2D eigenvalue weighted by Crippen LogP contribution is -2.44. The number of imide groups is 1. The number of amides is 2. The summed E-state index contributed by atoms with van der Waals surface area (Å²) >= 11 is 0. The van der Waals surface area contributed by atoms with Gasteiger partial charge in [0.1, 0.15) is 0 Å². The highest BCUT2D eigenvalue weighted by Gasteiger charge is 2.35. The Labute approximate surface area is 76.8 Å². The number of hydrogen-bond donors (Lipinski definition) is 0. The summed E-state index contributed by atoms with van der Waals surface area (Å²) < 4.78 is 4.99. The van der Waals surface area contributed by atoms with Crippen LogP contribution in [0.15, 0.2) is 0 Å². The minimum atomic E-state index is -0.0424. The maximum atomic E-state index is 11.4. The minimum absolute atomic E-state index is 0.0424. The highest BCUT2D eigenvalue weighted by Crippen LogP contribution is 2.21. The van der Waals surface area contributed by atoms with Gasteiger partial charge in [-0.05, 0) is 5.92 Å². The van der Waals surface area contributed by atoms with Crippen LogP contribution in [0.2, 0.25) is 0 Å². The van der Waals surface area contributed by atoms with Crippen LogP contribution in [0.25, 0.3) is 0 Å². The van der Waals surface area contributed by atoms with Crippen molar-refractivity contribution in [3.05, 3.63) is 0 Å². The van der Waals surface area contributed by atoms with Crippen molar-refractivity contribution in [2.45, 2.75) is 25.9 Å². The summed E-state index contributed by atoms with van der Waals surface area (Å²) in [5.41, 5.74) is 0. The van der Waals surface area contributed by atoms with Crippen LogP contribution >= 0.6 is 0 Å². The van der Waals surface area contributed by atoms with Crippen molar-refractivity contribution < 1.29 is 14.3 Å². The maximum absolute atomic E-state index is 11.4. The fraction of sp³-hybridized carbons (Fsp3) is 0.778. The van der Waals surface area contributed by atoms with Crippen molar-refractivity contribution in [2.75, 3.05) is 13.2 Å². The summed E-state index contributed by atoms with van der Waals surface area (Å²) in [5, 5.41) is 0. The number of likely N-dealkylation sites (tertiary alicyclic amines) is 1. The Hall–Kier alpha value is -0.900. The smallest absolute Gasteiger partial charge is 0.229 e. The second-order valence-electron chi connectivity index (χ2n) is 3.87. The van der Waals surface area contributed by atoms with Crippen LogP contribution in [-0.2, 0) is 14.3 Å². The lowest BCUT2D eigenvalue weighted by molar-refractivity contribution is -0.150. The molecule has 0 aromatic heterocycles. The number of rotatable bonds is 2. The van der Waals surface area contributed by atoms with E-state index in [1.54, 1.807) is 0 Å². The molecule has 1 unspecified atom stereocenters. The minimum Gasteiger partial charge on any atom is -0.371 e. The standard InChI is InChI=1S/C9H13NO3/c1-6-2-8(11)10(9(12)3-6)4-7-5-13-7/h6-7H,2-5H2,1H3. The molecule has 0 bridgehead atoms. The molecule has 1 atom stereocenters. The topological polar surface area (TPSA) is 49.9 Å². The van der Waals surface area contributed by atoms with E-state index in [0.29, 0.717) is 26.0 Å². The molecule has 0 aromatic rings. The van der Waals surface area contributed by atoms with Crippen LogP contribution in [0.5, 0.6) is 0 Å². The van der Waals surface area contributed by atoms with Crippen molar-refractivity contribution in [2.24, 2.45) is 5.92 Å². The Morgan fingerprint density at radius 1 is 1.38 bits per heavy atom. The van der Waals surface area contributed by atoms with Crippen molar-refractivity contribution in [3.8, 4) is 0 Å². The van der Waals surface area contributed by atoms with Gasteiger partial charge in [0.05, 0.1) is 19.3 Å². The third kappa shape index (κ3) is 1.88. The molecular weight excluding hydrogens is 170 g/mol. The van der Waals surface area contributed by atoms with Gasteiger partial charge in [0.15, 0.2) is 0 Å².